The molecule has 7 heteroatoms. The minimum Gasteiger partial charge on any atom is -0.497 e. The number of hydrogen-bond donors (Lipinski definition) is 3. The Hall–Kier alpha value is -2.25. The molecule has 1 aromatic heterocycles. The Morgan fingerprint density at radius 2 is 2.09 bits per heavy atom. The molecular weight excluding hydrogens is 316 g/mol. The van der Waals surface area contributed by atoms with E-state index in [1.165, 1.54) is 18.4 Å². The maximum atomic E-state index is 12.0. The minimum absolute atomic E-state index is 0.131. The first-order valence-electron chi connectivity index (χ1n) is 7.04. The Labute approximate surface area is 139 Å². The molecular formula is C16H20N2O4S. The van der Waals surface area contributed by atoms with Gasteiger partial charge in [-0.3, -0.25) is 0 Å². The third-order valence-corrected chi connectivity index (χ3v) is 4.44. The zero-order chi connectivity index (χ0) is 16.8. The molecule has 3 N–H and O–H groups in total. The average molecular weight is 336 g/mol. The van der Waals surface area contributed by atoms with E-state index in [1.807, 2.05) is 18.4 Å². The van der Waals surface area contributed by atoms with Gasteiger partial charge in [-0.15, -0.1) is 11.3 Å². The lowest BCUT2D eigenvalue weighted by atomic mass is 10.2. The van der Waals surface area contributed by atoms with Crippen LogP contribution in [-0.4, -0.2) is 31.9 Å². The van der Waals surface area contributed by atoms with Gasteiger partial charge in [-0.2, -0.15) is 0 Å². The SMILES string of the molecule is COc1ccc(NC(=O)NCC(O)c2sccc2C)c(OC)c1. The van der Waals surface area contributed by atoms with Crippen molar-refractivity contribution in [2.24, 2.45) is 0 Å². The number of methoxy groups -OCH3 is 2. The zero-order valence-corrected chi connectivity index (χ0v) is 14.1. The van der Waals surface area contributed by atoms with Gasteiger partial charge < -0.3 is 25.2 Å². The summed E-state index contributed by atoms with van der Waals surface area (Å²) in [5.41, 5.74) is 1.54. The van der Waals surface area contributed by atoms with Crippen molar-refractivity contribution in [2.75, 3.05) is 26.1 Å². The van der Waals surface area contributed by atoms with E-state index in [0.717, 1.165) is 10.4 Å². The summed E-state index contributed by atoms with van der Waals surface area (Å²) >= 11 is 1.47. The molecule has 0 aliphatic heterocycles. The highest BCUT2D eigenvalue weighted by atomic mass is 32.1. The van der Waals surface area contributed by atoms with Gasteiger partial charge in [0.15, 0.2) is 0 Å². The van der Waals surface area contributed by atoms with Crippen molar-refractivity contribution < 1.29 is 19.4 Å². The lowest BCUT2D eigenvalue weighted by molar-refractivity contribution is 0.178. The van der Waals surface area contributed by atoms with Crippen molar-refractivity contribution in [1.82, 2.24) is 5.32 Å². The van der Waals surface area contributed by atoms with Crippen molar-refractivity contribution in [2.45, 2.75) is 13.0 Å². The largest absolute Gasteiger partial charge is 0.497 e. The first kappa shape index (κ1) is 17.1. The highest BCUT2D eigenvalue weighted by molar-refractivity contribution is 7.10. The van der Waals surface area contributed by atoms with E-state index in [-0.39, 0.29) is 6.54 Å². The normalized spacial score (nSPS) is 11.7. The van der Waals surface area contributed by atoms with Gasteiger partial charge >= 0.3 is 6.03 Å². The monoisotopic (exact) mass is 336 g/mol. The molecule has 1 unspecified atom stereocenters. The lowest BCUT2D eigenvalue weighted by Crippen LogP contribution is -2.32. The number of nitrogens with one attached hydrogen (secondary N) is 2. The number of aliphatic hydroxyl groups excluding tert-OH is 1. The third-order valence-electron chi connectivity index (χ3n) is 3.32. The number of aryl methyl sites for hydroxylation is 1. The molecule has 0 aliphatic carbocycles. The Morgan fingerprint density at radius 1 is 1.30 bits per heavy atom. The third kappa shape index (κ3) is 4.37. The number of anilines is 1. The zero-order valence-electron chi connectivity index (χ0n) is 13.3. The number of urea groups is 1. The van der Waals surface area contributed by atoms with Crippen LogP contribution in [0.4, 0.5) is 10.5 Å². The van der Waals surface area contributed by atoms with Gasteiger partial charge in [0, 0.05) is 10.9 Å². The van der Waals surface area contributed by atoms with Gasteiger partial charge in [0.25, 0.3) is 0 Å². The molecule has 0 aliphatic rings. The highest BCUT2D eigenvalue weighted by Gasteiger charge is 2.14. The van der Waals surface area contributed by atoms with E-state index >= 15 is 0 Å². The van der Waals surface area contributed by atoms with Crippen LogP contribution >= 0.6 is 11.3 Å². The van der Waals surface area contributed by atoms with Crippen LogP contribution in [0.1, 0.15) is 16.5 Å². The molecule has 1 atom stereocenters. The van der Waals surface area contributed by atoms with Gasteiger partial charge in [0.05, 0.1) is 26.5 Å². The molecule has 23 heavy (non-hydrogen) atoms. The fraction of sp³-hybridized carbons (Fsp3) is 0.312. The van der Waals surface area contributed by atoms with Gasteiger partial charge in [-0.1, -0.05) is 0 Å². The van der Waals surface area contributed by atoms with Crippen molar-refractivity contribution >= 4 is 23.1 Å². The molecule has 0 saturated heterocycles. The number of rotatable bonds is 6. The van der Waals surface area contributed by atoms with E-state index in [0.29, 0.717) is 17.2 Å². The molecule has 1 heterocycles. The molecule has 0 saturated carbocycles. The number of aliphatic hydroxyl groups is 1. The topological polar surface area (TPSA) is 79.8 Å². The van der Waals surface area contributed by atoms with E-state index in [9.17, 15) is 9.90 Å². The Morgan fingerprint density at radius 3 is 2.70 bits per heavy atom. The number of hydrogen-bond acceptors (Lipinski definition) is 5. The Kier molecular flexibility index (Phi) is 5.84. The number of carbonyl (C=O) groups excluding carboxylic acids is 1. The van der Waals surface area contributed by atoms with Crippen LogP contribution in [0.2, 0.25) is 0 Å². The number of benzene rings is 1. The van der Waals surface area contributed by atoms with E-state index in [1.54, 1.807) is 25.3 Å². The number of amides is 2. The minimum atomic E-state index is -0.724. The smallest absolute Gasteiger partial charge is 0.319 e. The van der Waals surface area contributed by atoms with Gasteiger partial charge in [0.2, 0.25) is 0 Å². The van der Waals surface area contributed by atoms with Crippen molar-refractivity contribution in [3.8, 4) is 11.5 Å². The van der Waals surface area contributed by atoms with Gasteiger partial charge in [0.1, 0.15) is 17.6 Å². The van der Waals surface area contributed by atoms with Crippen LogP contribution in [0, 0.1) is 6.92 Å². The summed E-state index contributed by atoms with van der Waals surface area (Å²) < 4.78 is 10.3. The number of carbonyl (C=O) groups is 1. The molecule has 1 aromatic carbocycles. The van der Waals surface area contributed by atoms with Crippen LogP contribution in [0.15, 0.2) is 29.6 Å². The van der Waals surface area contributed by atoms with Crippen LogP contribution < -0.4 is 20.1 Å². The molecule has 2 amide bonds. The fourth-order valence-electron chi connectivity index (χ4n) is 2.08. The average Bonchev–Trinajstić information content (AvgIpc) is 2.99. The Balaban J connectivity index is 1.93. The second kappa shape index (κ2) is 7.85. The van der Waals surface area contributed by atoms with Crippen LogP contribution in [0.3, 0.4) is 0 Å². The maximum absolute atomic E-state index is 12.0. The maximum Gasteiger partial charge on any atom is 0.319 e. The standard InChI is InChI=1S/C16H20N2O4S/c1-10-6-7-23-15(10)13(19)9-17-16(20)18-12-5-4-11(21-2)8-14(12)22-3/h4-8,13,19H,9H2,1-3H3,(H2,17,18,20). The summed E-state index contributed by atoms with van der Waals surface area (Å²) in [6.07, 6.45) is -0.724. The highest BCUT2D eigenvalue weighted by Crippen LogP contribution is 2.29. The summed E-state index contributed by atoms with van der Waals surface area (Å²) in [7, 11) is 3.07. The lowest BCUT2D eigenvalue weighted by Gasteiger charge is -2.14. The molecule has 2 aromatic rings. The summed E-state index contributed by atoms with van der Waals surface area (Å²) in [6, 6.07) is 6.62. The first-order chi connectivity index (χ1) is 11.0. The molecule has 0 fully saturated rings. The molecule has 124 valence electrons. The second-order valence-electron chi connectivity index (χ2n) is 4.88. The molecule has 2 rings (SSSR count). The quantitative estimate of drug-likeness (QED) is 0.758. The number of ether oxygens (including phenoxy) is 2. The van der Waals surface area contributed by atoms with Crippen LogP contribution in [0.5, 0.6) is 11.5 Å². The predicted octanol–water partition coefficient (Wildman–Crippen LogP) is 2.93. The summed E-state index contributed by atoms with van der Waals surface area (Å²) in [5.74, 6) is 1.13. The van der Waals surface area contributed by atoms with Crippen molar-refractivity contribution in [1.29, 1.82) is 0 Å². The molecule has 0 spiro atoms. The Bertz CT molecular complexity index is 672. The summed E-state index contributed by atoms with van der Waals surface area (Å²) in [4.78, 5) is 12.8. The number of thiophene rings is 1. The summed E-state index contributed by atoms with van der Waals surface area (Å²) in [6.45, 7) is 2.06. The molecule has 0 bridgehead atoms. The van der Waals surface area contributed by atoms with Crippen LogP contribution in [0.25, 0.3) is 0 Å². The molecule has 6 nitrogen and oxygen atoms in total. The fourth-order valence-corrected chi connectivity index (χ4v) is 2.99. The summed E-state index contributed by atoms with van der Waals surface area (Å²) in [5, 5.41) is 17.3. The predicted molar refractivity (Wildman–Crippen MR) is 90.6 cm³/mol. The molecule has 0 radical (unpaired) electrons. The van der Waals surface area contributed by atoms with E-state index in [2.05, 4.69) is 10.6 Å². The van der Waals surface area contributed by atoms with E-state index in [4.69, 9.17) is 9.47 Å². The van der Waals surface area contributed by atoms with Gasteiger partial charge in [-0.25, -0.2) is 4.79 Å². The van der Waals surface area contributed by atoms with Gasteiger partial charge in [-0.05, 0) is 36.1 Å². The first-order valence-corrected chi connectivity index (χ1v) is 7.92. The second-order valence-corrected chi connectivity index (χ2v) is 5.83. The van der Waals surface area contributed by atoms with E-state index < -0.39 is 12.1 Å². The van der Waals surface area contributed by atoms with Crippen molar-refractivity contribution in [3.63, 3.8) is 0 Å². The van der Waals surface area contributed by atoms with Crippen LogP contribution in [-0.2, 0) is 0 Å². The van der Waals surface area contributed by atoms with Crippen molar-refractivity contribution in [3.05, 3.63) is 40.1 Å².